The molecule has 0 saturated carbocycles. The van der Waals surface area contributed by atoms with E-state index in [1.54, 1.807) is 0 Å². The van der Waals surface area contributed by atoms with Crippen LogP contribution < -0.4 is 0 Å². The second-order valence-electron chi connectivity index (χ2n) is 6.37. The van der Waals surface area contributed by atoms with E-state index in [0.717, 1.165) is 13.2 Å². The molecule has 0 aromatic carbocycles. The second kappa shape index (κ2) is 30.5. The maximum atomic E-state index is 8.36. The Labute approximate surface area is 167 Å². The van der Waals surface area contributed by atoms with E-state index in [2.05, 4.69) is 13.8 Å². The van der Waals surface area contributed by atoms with Crippen LogP contribution in [0, 0.1) is 0 Å². The van der Waals surface area contributed by atoms with Gasteiger partial charge in [-0.2, -0.15) is 0 Å². The SMILES string of the molecule is CCCCCCCCOCCCCC.OCCOCCOCCOCCO. The van der Waals surface area contributed by atoms with Gasteiger partial charge in [0.2, 0.25) is 0 Å². The summed E-state index contributed by atoms with van der Waals surface area (Å²) in [5, 5.41) is 16.7. The summed E-state index contributed by atoms with van der Waals surface area (Å²) in [5.41, 5.74) is 0. The number of aliphatic hydroxyl groups is 2. The summed E-state index contributed by atoms with van der Waals surface area (Å²) in [7, 11) is 0. The molecule has 0 atom stereocenters. The fraction of sp³-hybridized carbons (Fsp3) is 1.00. The zero-order chi connectivity index (χ0) is 20.3. The molecule has 0 aliphatic heterocycles. The van der Waals surface area contributed by atoms with Crippen molar-refractivity contribution in [2.75, 3.05) is 66.1 Å². The fourth-order valence-electron chi connectivity index (χ4n) is 2.21. The first-order valence-electron chi connectivity index (χ1n) is 10.9. The monoisotopic (exact) mass is 394 g/mol. The lowest BCUT2D eigenvalue weighted by molar-refractivity contribution is 0.00230. The average molecular weight is 395 g/mol. The molecule has 0 radical (unpaired) electrons. The van der Waals surface area contributed by atoms with Crippen LogP contribution >= 0.6 is 0 Å². The lowest BCUT2D eigenvalue weighted by atomic mass is 10.1. The molecule has 6 heteroatoms. The van der Waals surface area contributed by atoms with Gasteiger partial charge in [-0.05, 0) is 12.8 Å². The minimum atomic E-state index is 0.0413. The van der Waals surface area contributed by atoms with Gasteiger partial charge in [0, 0.05) is 13.2 Å². The summed E-state index contributed by atoms with van der Waals surface area (Å²) in [5.74, 6) is 0. The molecule has 0 aromatic rings. The van der Waals surface area contributed by atoms with E-state index in [-0.39, 0.29) is 13.2 Å². The first kappa shape index (κ1) is 29.0. The van der Waals surface area contributed by atoms with Crippen molar-refractivity contribution in [2.45, 2.75) is 71.6 Å². The van der Waals surface area contributed by atoms with E-state index < -0.39 is 0 Å². The lowest BCUT2D eigenvalue weighted by Gasteiger charge is -2.04. The third-order valence-corrected chi connectivity index (χ3v) is 3.75. The molecular weight excluding hydrogens is 348 g/mol. The molecule has 0 saturated heterocycles. The Hall–Kier alpha value is -0.240. The molecule has 6 nitrogen and oxygen atoms in total. The Balaban J connectivity index is 0. The predicted molar refractivity (Wildman–Crippen MR) is 110 cm³/mol. The van der Waals surface area contributed by atoms with Crippen molar-refractivity contribution in [2.24, 2.45) is 0 Å². The van der Waals surface area contributed by atoms with Crippen LogP contribution in [0.3, 0.4) is 0 Å². The minimum Gasteiger partial charge on any atom is -0.394 e. The van der Waals surface area contributed by atoms with Gasteiger partial charge in [0.1, 0.15) is 0 Å². The average Bonchev–Trinajstić information content (AvgIpc) is 2.69. The largest absolute Gasteiger partial charge is 0.394 e. The molecule has 2 N–H and O–H groups in total. The fourth-order valence-corrected chi connectivity index (χ4v) is 2.21. The van der Waals surface area contributed by atoms with Crippen LogP contribution in [0.2, 0.25) is 0 Å². The van der Waals surface area contributed by atoms with E-state index >= 15 is 0 Å². The van der Waals surface area contributed by atoms with E-state index in [1.165, 1.54) is 57.8 Å². The molecule has 0 spiro atoms. The maximum Gasteiger partial charge on any atom is 0.0701 e. The Morgan fingerprint density at radius 2 is 0.741 bits per heavy atom. The van der Waals surface area contributed by atoms with E-state index in [9.17, 15) is 0 Å². The summed E-state index contributed by atoms with van der Waals surface area (Å²) < 4.78 is 20.6. The van der Waals surface area contributed by atoms with Gasteiger partial charge in [-0.15, -0.1) is 0 Å². The van der Waals surface area contributed by atoms with Crippen LogP contribution in [-0.2, 0) is 18.9 Å². The number of aliphatic hydroxyl groups excluding tert-OH is 2. The first-order chi connectivity index (χ1) is 13.3. The molecule has 0 heterocycles. The van der Waals surface area contributed by atoms with Crippen LogP contribution in [0.15, 0.2) is 0 Å². The van der Waals surface area contributed by atoms with Gasteiger partial charge < -0.3 is 29.2 Å². The summed E-state index contributed by atoms with van der Waals surface area (Å²) in [6.45, 7) is 9.21. The first-order valence-corrected chi connectivity index (χ1v) is 10.9. The highest BCUT2D eigenvalue weighted by atomic mass is 16.5. The molecule has 27 heavy (non-hydrogen) atoms. The van der Waals surface area contributed by atoms with Crippen LogP contribution in [-0.4, -0.2) is 76.3 Å². The van der Waals surface area contributed by atoms with Crippen molar-refractivity contribution in [1.82, 2.24) is 0 Å². The van der Waals surface area contributed by atoms with Crippen LogP contribution in [0.4, 0.5) is 0 Å². The molecule has 0 amide bonds. The van der Waals surface area contributed by atoms with E-state index in [0.29, 0.717) is 39.6 Å². The number of rotatable bonds is 21. The van der Waals surface area contributed by atoms with Crippen molar-refractivity contribution in [1.29, 1.82) is 0 Å². The quantitative estimate of drug-likeness (QED) is 0.290. The predicted octanol–water partition coefficient (Wildman–Crippen LogP) is 3.57. The Morgan fingerprint density at radius 1 is 0.407 bits per heavy atom. The van der Waals surface area contributed by atoms with E-state index in [4.69, 9.17) is 29.2 Å². The summed E-state index contributed by atoms with van der Waals surface area (Å²) >= 11 is 0. The van der Waals surface area contributed by atoms with Gasteiger partial charge in [0.25, 0.3) is 0 Å². The summed E-state index contributed by atoms with van der Waals surface area (Å²) in [6, 6.07) is 0. The van der Waals surface area contributed by atoms with Gasteiger partial charge in [0.05, 0.1) is 52.9 Å². The topological polar surface area (TPSA) is 77.4 Å². The molecule has 0 bridgehead atoms. The molecule has 166 valence electrons. The van der Waals surface area contributed by atoms with Crippen LogP contribution in [0.5, 0.6) is 0 Å². The Kier molecular flexibility index (Phi) is 32.7. The number of hydrogen-bond donors (Lipinski definition) is 2. The molecular formula is C21H46O6. The van der Waals surface area contributed by atoms with Crippen molar-refractivity contribution in [3.63, 3.8) is 0 Å². The Bertz CT molecular complexity index is 207. The third kappa shape index (κ3) is 33.7. The van der Waals surface area contributed by atoms with Crippen molar-refractivity contribution >= 4 is 0 Å². The molecule has 0 unspecified atom stereocenters. The van der Waals surface area contributed by atoms with Crippen LogP contribution in [0.1, 0.15) is 71.6 Å². The van der Waals surface area contributed by atoms with Gasteiger partial charge in [0.15, 0.2) is 0 Å². The van der Waals surface area contributed by atoms with E-state index in [1.807, 2.05) is 0 Å². The highest BCUT2D eigenvalue weighted by Crippen LogP contribution is 2.05. The van der Waals surface area contributed by atoms with Gasteiger partial charge in [-0.1, -0.05) is 58.8 Å². The van der Waals surface area contributed by atoms with Gasteiger partial charge in [-0.25, -0.2) is 0 Å². The highest BCUT2D eigenvalue weighted by molar-refractivity contribution is 4.44. The van der Waals surface area contributed by atoms with Crippen LogP contribution in [0.25, 0.3) is 0 Å². The molecule has 0 fully saturated rings. The normalized spacial score (nSPS) is 10.7. The Morgan fingerprint density at radius 3 is 1.22 bits per heavy atom. The smallest absolute Gasteiger partial charge is 0.0701 e. The zero-order valence-corrected chi connectivity index (χ0v) is 18.0. The highest BCUT2D eigenvalue weighted by Gasteiger charge is 1.91. The van der Waals surface area contributed by atoms with Crippen molar-refractivity contribution in [3.8, 4) is 0 Å². The lowest BCUT2D eigenvalue weighted by Crippen LogP contribution is -2.11. The van der Waals surface area contributed by atoms with Gasteiger partial charge in [-0.3, -0.25) is 0 Å². The maximum absolute atomic E-state index is 8.36. The molecule has 0 aromatic heterocycles. The number of ether oxygens (including phenoxy) is 4. The molecule has 0 rings (SSSR count). The minimum absolute atomic E-state index is 0.0413. The summed E-state index contributed by atoms with van der Waals surface area (Å²) in [6.07, 6.45) is 12.0. The molecule has 0 aliphatic carbocycles. The standard InChI is InChI=1S/C13H28O.C8H18O5/c1-3-5-7-8-9-11-13-14-12-10-6-4-2;9-1-3-11-5-7-13-8-6-12-4-2-10/h3-13H2,1-2H3;9-10H,1-8H2. The van der Waals surface area contributed by atoms with Gasteiger partial charge >= 0.3 is 0 Å². The number of unbranched alkanes of at least 4 members (excludes halogenated alkanes) is 7. The molecule has 0 aliphatic rings. The van der Waals surface area contributed by atoms with Crippen molar-refractivity contribution < 1.29 is 29.2 Å². The second-order valence-corrected chi connectivity index (χ2v) is 6.37. The zero-order valence-electron chi connectivity index (χ0n) is 18.0. The van der Waals surface area contributed by atoms with Crippen molar-refractivity contribution in [3.05, 3.63) is 0 Å². The summed E-state index contributed by atoms with van der Waals surface area (Å²) in [4.78, 5) is 0. The third-order valence-electron chi connectivity index (χ3n) is 3.75. The number of hydrogen-bond acceptors (Lipinski definition) is 6.